The lowest BCUT2D eigenvalue weighted by Gasteiger charge is -2.20. The molecule has 0 N–H and O–H groups in total. The highest BCUT2D eigenvalue weighted by Gasteiger charge is 2.33. The summed E-state index contributed by atoms with van der Waals surface area (Å²) in [4.78, 5) is 5.12. The molecule has 0 radical (unpaired) electrons. The predicted molar refractivity (Wildman–Crippen MR) is 132 cm³/mol. The molecule has 0 amide bonds. The number of hydrogen-bond donors (Lipinski definition) is 0. The van der Waals surface area contributed by atoms with Crippen molar-refractivity contribution < 1.29 is 18.3 Å². The molecule has 1 aromatic heterocycles. The summed E-state index contributed by atoms with van der Waals surface area (Å²) < 4.78 is 30.7. The number of methoxy groups -OCH3 is 1. The Kier molecular flexibility index (Phi) is 5.79. The third kappa shape index (κ3) is 3.67. The molecule has 0 bridgehead atoms. The zero-order valence-electron chi connectivity index (χ0n) is 19.0. The standard InChI is InChI=1S/C27H26NO4P/c1-4-31-33(29,32-5-2)24-15-9-14-22-25-21-13-7-6-10-18(21)17-23(25)26(28-27(22)24)19-11-8-12-20(16-19)30-3/h6-16H,4-5,17H2,1-3H3. The van der Waals surface area contributed by atoms with E-state index in [1.54, 1.807) is 7.11 Å². The summed E-state index contributed by atoms with van der Waals surface area (Å²) in [6.45, 7) is 4.20. The van der Waals surface area contributed by atoms with E-state index in [0.29, 0.717) is 10.8 Å². The van der Waals surface area contributed by atoms with Crippen LogP contribution in [0.2, 0.25) is 0 Å². The van der Waals surface area contributed by atoms with Gasteiger partial charge in [0.25, 0.3) is 0 Å². The quantitative estimate of drug-likeness (QED) is 0.265. The summed E-state index contributed by atoms with van der Waals surface area (Å²) in [5, 5.41) is 1.46. The van der Waals surface area contributed by atoms with E-state index < -0.39 is 7.60 Å². The summed E-state index contributed by atoms with van der Waals surface area (Å²) in [7, 11) is -1.88. The van der Waals surface area contributed by atoms with E-state index in [9.17, 15) is 4.57 Å². The minimum atomic E-state index is -3.54. The van der Waals surface area contributed by atoms with Crippen LogP contribution in [-0.2, 0) is 20.0 Å². The van der Waals surface area contributed by atoms with E-state index in [1.165, 1.54) is 11.1 Å². The van der Waals surface area contributed by atoms with Crippen LogP contribution < -0.4 is 10.0 Å². The monoisotopic (exact) mass is 459 g/mol. The van der Waals surface area contributed by atoms with Gasteiger partial charge in [0, 0.05) is 17.4 Å². The van der Waals surface area contributed by atoms with Gasteiger partial charge in [0.05, 0.1) is 36.8 Å². The first-order chi connectivity index (χ1) is 16.1. The molecule has 3 aromatic carbocycles. The van der Waals surface area contributed by atoms with Gasteiger partial charge in [-0.05, 0) is 54.3 Å². The molecule has 0 saturated heterocycles. The fraction of sp³-hybridized carbons (Fsp3) is 0.222. The molecule has 4 aromatic rings. The van der Waals surface area contributed by atoms with Crippen molar-refractivity contribution in [3.8, 4) is 28.1 Å². The number of fused-ring (bicyclic) bond motifs is 5. The number of para-hydroxylation sites is 1. The molecule has 0 saturated carbocycles. The maximum atomic E-state index is 13.8. The Morgan fingerprint density at radius 1 is 0.939 bits per heavy atom. The second-order valence-electron chi connectivity index (χ2n) is 7.89. The van der Waals surface area contributed by atoms with Crippen molar-refractivity contribution >= 4 is 23.8 Å². The van der Waals surface area contributed by atoms with E-state index in [4.69, 9.17) is 18.8 Å². The normalized spacial score (nSPS) is 12.6. The van der Waals surface area contributed by atoms with Gasteiger partial charge < -0.3 is 13.8 Å². The van der Waals surface area contributed by atoms with Crippen molar-refractivity contribution in [2.45, 2.75) is 20.3 Å². The highest BCUT2D eigenvalue weighted by atomic mass is 31.2. The molecule has 0 aliphatic heterocycles. The van der Waals surface area contributed by atoms with Crippen molar-refractivity contribution in [1.82, 2.24) is 4.98 Å². The second kappa shape index (κ2) is 8.75. The van der Waals surface area contributed by atoms with Crippen molar-refractivity contribution in [3.63, 3.8) is 0 Å². The van der Waals surface area contributed by atoms with Crippen molar-refractivity contribution in [3.05, 3.63) is 77.9 Å². The summed E-state index contributed by atoms with van der Waals surface area (Å²) in [6, 6.07) is 22.1. The fourth-order valence-electron chi connectivity index (χ4n) is 4.65. The van der Waals surface area contributed by atoms with Gasteiger partial charge in [0.1, 0.15) is 5.75 Å². The van der Waals surface area contributed by atoms with Gasteiger partial charge in [-0.3, -0.25) is 4.57 Å². The highest BCUT2D eigenvalue weighted by molar-refractivity contribution is 7.62. The number of aromatic nitrogens is 1. The van der Waals surface area contributed by atoms with Gasteiger partial charge in [-0.2, -0.15) is 0 Å². The number of rotatable bonds is 7. The molecule has 168 valence electrons. The summed E-state index contributed by atoms with van der Waals surface area (Å²) in [5.74, 6) is 0.765. The predicted octanol–water partition coefficient (Wildman–Crippen LogP) is 6.37. The van der Waals surface area contributed by atoms with E-state index in [-0.39, 0.29) is 13.2 Å². The summed E-state index contributed by atoms with van der Waals surface area (Å²) in [5.41, 5.74) is 7.21. The Morgan fingerprint density at radius 2 is 1.70 bits per heavy atom. The third-order valence-corrected chi connectivity index (χ3v) is 8.13. The Hall–Kier alpha value is -2.98. The lowest BCUT2D eigenvalue weighted by molar-refractivity contribution is 0.230. The van der Waals surface area contributed by atoms with Crippen LogP contribution in [0.3, 0.4) is 0 Å². The average molecular weight is 459 g/mol. The Balaban J connectivity index is 1.87. The van der Waals surface area contributed by atoms with Gasteiger partial charge in [0.15, 0.2) is 0 Å². The van der Waals surface area contributed by atoms with Crippen LogP contribution in [-0.4, -0.2) is 25.3 Å². The molecule has 6 heteroatoms. The van der Waals surface area contributed by atoms with Crippen LogP contribution in [0.5, 0.6) is 5.75 Å². The van der Waals surface area contributed by atoms with Crippen molar-refractivity contribution in [1.29, 1.82) is 0 Å². The third-order valence-electron chi connectivity index (χ3n) is 5.99. The lowest BCUT2D eigenvalue weighted by Crippen LogP contribution is -2.14. The number of hydrogen-bond acceptors (Lipinski definition) is 5. The maximum Gasteiger partial charge on any atom is 0.363 e. The molecule has 0 fully saturated rings. The zero-order chi connectivity index (χ0) is 23.0. The van der Waals surface area contributed by atoms with Gasteiger partial charge >= 0.3 is 7.60 Å². The van der Waals surface area contributed by atoms with Crippen molar-refractivity contribution in [2.24, 2.45) is 0 Å². The topological polar surface area (TPSA) is 57.7 Å². The van der Waals surface area contributed by atoms with Crippen LogP contribution >= 0.6 is 7.60 Å². The molecular formula is C27H26NO4P. The molecule has 5 nitrogen and oxygen atoms in total. The van der Waals surface area contributed by atoms with E-state index in [2.05, 4.69) is 24.3 Å². The molecule has 1 aliphatic rings. The Bertz CT molecular complexity index is 1390. The SMILES string of the molecule is CCOP(=O)(OCC)c1cccc2c3c(c(-c4cccc(OC)c4)nc12)Cc1ccccc1-3. The number of benzene rings is 3. The van der Waals surface area contributed by atoms with Gasteiger partial charge in [-0.1, -0.05) is 48.5 Å². The molecule has 0 spiro atoms. The van der Waals surface area contributed by atoms with Gasteiger partial charge in [0.2, 0.25) is 0 Å². The zero-order valence-corrected chi connectivity index (χ0v) is 19.9. The minimum absolute atomic E-state index is 0.282. The van der Waals surface area contributed by atoms with E-state index in [1.807, 2.05) is 56.3 Å². The van der Waals surface area contributed by atoms with Crippen molar-refractivity contribution in [2.75, 3.05) is 20.3 Å². The van der Waals surface area contributed by atoms with E-state index >= 15 is 0 Å². The Labute approximate surface area is 193 Å². The largest absolute Gasteiger partial charge is 0.497 e. The average Bonchev–Trinajstić information content (AvgIpc) is 3.23. The lowest BCUT2D eigenvalue weighted by atomic mass is 9.96. The van der Waals surface area contributed by atoms with Gasteiger partial charge in [-0.25, -0.2) is 4.98 Å². The van der Waals surface area contributed by atoms with Crippen LogP contribution in [0, 0.1) is 0 Å². The Morgan fingerprint density at radius 3 is 2.45 bits per heavy atom. The maximum absolute atomic E-state index is 13.8. The summed E-state index contributed by atoms with van der Waals surface area (Å²) >= 11 is 0. The van der Waals surface area contributed by atoms with Crippen LogP contribution in [0.1, 0.15) is 25.0 Å². The molecular weight excluding hydrogens is 433 g/mol. The van der Waals surface area contributed by atoms with E-state index in [0.717, 1.165) is 39.9 Å². The molecule has 5 rings (SSSR count). The number of ether oxygens (including phenoxy) is 1. The highest BCUT2D eigenvalue weighted by Crippen LogP contribution is 2.51. The first-order valence-corrected chi connectivity index (χ1v) is 12.7. The molecule has 1 aliphatic carbocycles. The van der Waals surface area contributed by atoms with Gasteiger partial charge in [-0.15, -0.1) is 0 Å². The summed E-state index contributed by atoms with van der Waals surface area (Å²) in [6.07, 6.45) is 0.791. The smallest absolute Gasteiger partial charge is 0.363 e. The number of pyridine rings is 1. The second-order valence-corrected chi connectivity index (χ2v) is 9.88. The molecule has 1 heterocycles. The van der Waals surface area contributed by atoms with Crippen LogP contribution in [0.15, 0.2) is 66.7 Å². The first-order valence-electron chi connectivity index (χ1n) is 11.2. The van der Waals surface area contributed by atoms with Crippen LogP contribution in [0.25, 0.3) is 33.3 Å². The molecule has 0 unspecified atom stereocenters. The molecule has 33 heavy (non-hydrogen) atoms. The minimum Gasteiger partial charge on any atom is -0.497 e. The number of nitrogens with zero attached hydrogens (tertiary/aromatic N) is 1. The van der Waals surface area contributed by atoms with Crippen LogP contribution in [0.4, 0.5) is 0 Å². The molecule has 0 atom stereocenters. The fourth-order valence-corrected chi connectivity index (χ4v) is 6.38. The first kappa shape index (κ1) is 21.8.